The number of amides is 1. The summed E-state index contributed by atoms with van der Waals surface area (Å²) in [5.74, 6) is 3.58. The number of benzene rings is 1. The highest BCUT2D eigenvalue weighted by Gasteiger charge is 2.46. The van der Waals surface area contributed by atoms with E-state index in [1.165, 1.54) is 32.1 Å². The summed E-state index contributed by atoms with van der Waals surface area (Å²) in [6.07, 6.45) is 9.13. The number of nitrogens with zero attached hydrogens (tertiary/aromatic N) is 1. The Labute approximate surface area is 198 Å². The summed E-state index contributed by atoms with van der Waals surface area (Å²) in [4.78, 5) is 13.0. The molecule has 3 aliphatic carbocycles. The number of piperidine rings is 1. The number of carbonyl (C=O) groups is 1. The lowest BCUT2D eigenvalue weighted by Crippen LogP contribution is -2.48. The molecule has 3 saturated carbocycles. The first kappa shape index (κ1) is 23.3. The third kappa shape index (κ3) is 5.46. The van der Waals surface area contributed by atoms with Crippen LogP contribution in [0.1, 0.15) is 56.9 Å². The topological polar surface area (TPSA) is 78.5 Å². The van der Waals surface area contributed by atoms with Gasteiger partial charge in [-0.25, -0.2) is 12.7 Å². The van der Waals surface area contributed by atoms with Gasteiger partial charge in [0.2, 0.25) is 15.9 Å². The van der Waals surface area contributed by atoms with Crippen molar-refractivity contribution in [2.75, 3.05) is 25.4 Å². The average Bonchev–Trinajstić information content (AvgIpc) is 3.06. The van der Waals surface area contributed by atoms with E-state index in [4.69, 9.17) is 0 Å². The molecule has 182 valence electrons. The second-order valence-electron chi connectivity index (χ2n) is 10.9. The highest BCUT2D eigenvalue weighted by Crippen LogP contribution is 2.53. The smallest absolute Gasteiger partial charge is 0.223 e. The summed E-state index contributed by atoms with van der Waals surface area (Å²) in [6, 6.07) is 10.3. The maximum Gasteiger partial charge on any atom is 0.223 e. The van der Waals surface area contributed by atoms with E-state index in [2.05, 4.69) is 10.6 Å². The zero-order valence-corrected chi connectivity index (χ0v) is 20.4. The number of nitrogens with one attached hydrogen (secondary N) is 2. The van der Waals surface area contributed by atoms with Gasteiger partial charge in [0.15, 0.2) is 0 Å². The van der Waals surface area contributed by atoms with Gasteiger partial charge in [-0.2, -0.15) is 0 Å². The van der Waals surface area contributed by atoms with Crippen LogP contribution in [0, 0.1) is 29.6 Å². The van der Waals surface area contributed by atoms with E-state index in [9.17, 15) is 13.2 Å². The molecule has 2 N–H and O–H groups in total. The van der Waals surface area contributed by atoms with Gasteiger partial charge in [-0.15, -0.1) is 0 Å². The lowest BCUT2D eigenvalue weighted by molar-refractivity contribution is -0.127. The van der Waals surface area contributed by atoms with E-state index in [0.29, 0.717) is 51.0 Å². The van der Waals surface area contributed by atoms with Crippen molar-refractivity contribution >= 4 is 15.9 Å². The van der Waals surface area contributed by atoms with Crippen LogP contribution in [0.4, 0.5) is 0 Å². The minimum absolute atomic E-state index is 0.0511. The van der Waals surface area contributed by atoms with Crippen molar-refractivity contribution in [3.05, 3.63) is 35.9 Å². The average molecular weight is 474 g/mol. The molecule has 4 aliphatic rings. The van der Waals surface area contributed by atoms with Crippen LogP contribution in [0.25, 0.3) is 0 Å². The Bertz CT molecular complexity index is 914. The summed E-state index contributed by atoms with van der Waals surface area (Å²) in [6.45, 7) is 2.02. The molecule has 0 spiro atoms. The summed E-state index contributed by atoms with van der Waals surface area (Å²) in [5.41, 5.74) is 1.15. The fourth-order valence-electron chi connectivity index (χ4n) is 7.09. The number of fused-ring (bicyclic) bond motifs is 2. The predicted octanol–water partition coefficient (Wildman–Crippen LogP) is 3.15. The van der Waals surface area contributed by atoms with Gasteiger partial charge in [-0.3, -0.25) is 4.79 Å². The van der Waals surface area contributed by atoms with Gasteiger partial charge < -0.3 is 10.6 Å². The third-order valence-electron chi connectivity index (χ3n) is 8.85. The van der Waals surface area contributed by atoms with Crippen molar-refractivity contribution < 1.29 is 13.2 Å². The Morgan fingerprint density at radius 1 is 0.909 bits per heavy atom. The van der Waals surface area contributed by atoms with Crippen molar-refractivity contribution in [2.45, 2.75) is 64.0 Å². The summed E-state index contributed by atoms with van der Waals surface area (Å²) >= 11 is 0. The molecule has 1 amide bonds. The first-order chi connectivity index (χ1) is 16.0. The highest BCUT2D eigenvalue weighted by molar-refractivity contribution is 7.89. The van der Waals surface area contributed by atoms with Gasteiger partial charge in [0.05, 0.1) is 5.75 Å². The lowest BCUT2D eigenvalue weighted by atomic mass is 9.77. The molecular formula is C26H39N3O3S. The Balaban J connectivity index is 1.05. The highest BCUT2D eigenvalue weighted by atomic mass is 32.2. The lowest BCUT2D eigenvalue weighted by Gasteiger charge is -2.35. The van der Waals surface area contributed by atoms with Crippen LogP contribution in [-0.4, -0.2) is 50.1 Å². The van der Waals surface area contributed by atoms with E-state index in [1.807, 2.05) is 30.3 Å². The van der Waals surface area contributed by atoms with Crippen molar-refractivity contribution in [1.82, 2.24) is 14.9 Å². The summed E-state index contributed by atoms with van der Waals surface area (Å²) < 4.78 is 27.1. The van der Waals surface area contributed by atoms with Crippen molar-refractivity contribution in [1.29, 1.82) is 0 Å². The van der Waals surface area contributed by atoms with Gasteiger partial charge in [-0.1, -0.05) is 30.3 Å². The minimum Gasteiger partial charge on any atom is -0.353 e. The molecule has 1 heterocycles. The van der Waals surface area contributed by atoms with Gasteiger partial charge in [-0.05, 0) is 80.6 Å². The molecule has 0 aromatic heterocycles. The Kier molecular flexibility index (Phi) is 7.09. The number of hydrogen-bond acceptors (Lipinski definition) is 4. The van der Waals surface area contributed by atoms with Gasteiger partial charge >= 0.3 is 0 Å². The zero-order valence-electron chi connectivity index (χ0n) is 19.6. The van der Waals surface area contributed by atoms with Crippen LogP contribution >= 0.6 is 0 Å². The van der Waals surface area contributed by atoms with Crippen LogP contribution in [0.3, 0.4) is 0 Å². The molecule has 2 unspecified atom stereocenters. The van der Waals surface area contributed by atoms with E-state index < -0.39 is 10.0 Å². The molecule has 5 atom stereocenters. The molecule has 7 heteroatoms. The molecule has 5 rings (SSSR count). The fraction of sp³-hybridized carbons (Fsp3) is 0.731. The van der Waals surface area contributed by atoms with Gasteiger partial charge in [0.25, 0.3) is 0 Å². The van der Waals surface area contributed by atoms with Crippen LogP contribution in [0.5, 0.6) is 0 Å². The number of rotatable bonds is 8. The summed E-state index contributed by atoms with van der Waals surface area (Å²) in [7, 11) is -3.29. The van der Waals surface area contributed by atoms with Crippen LogP contribution < -0.4 is 10.6 Å². The Hall–Kier alpha value is -1.44. The van der Waals surface area contributed by atoms with Gasteiger partial charge in [0, 0.05) is 38.1 Å². The minimum atomic E-state index is -3.29. The molecule has 3 bridgehead atoms. The first-order valence-electron chi connectivity index (χ1n) is 13.0. The Morgan fingerprint density at radius 3 is 2.42 bits per heavy atom. The number of carbonyl (C=O) groups excluding carboxylic acids is 1. The standard InChI is InChI=1S/C26H39N3O3S/c30-26(28-25-7-6-22-14-20-15-23(22)17-24(25)16-20)21-8-11-29(12-9-21)33(31,32)13-10-27-18-19-4-2-1-3-5-19/h1-5,20-25,27H,6-18H2,(H,28,30)/t20-,22-,23-,24?,25?/m1/s1. The normalized spacial score (nSPS) is 32.5. The number of sulfonamides is 1. The second-order valence-corrected chi connectivity index (χ2v) is 13.0. The largest absolute Gasteiger partial charge is 0.353 e. The van der Waals surface area contributed by atoms with Crippen LogP contribution in [0.15, 0.2) is 30.3 Å². The van der Waals surface area contributed by atoms with E-state index >= 15 is 0 Å². The van der Waals surface area contributed by atoms with Crippen molar-refractivity contribution in [2.24, 2.45) is 29.6 Å². The van der Waals surface area contributed by atoms with Crippen LogP contribution in [-0.2, 0) is 21.4 Å². The van der Waals surface area contributed by atoms with Gasteiger partial charge in [0.1, 0.15) is 0 Å². The number of hydrogen-bond donors (Lipinski definition) is 2. The van der Waals surface area contributed by atoms with E-state index in [-0.39, 0.29) is 17.6 Å². The summed E-state index contributed by atoms with van der Waals surface area (Å²) in [5, 5.41) is 6.65. The predicted molar refractivity (Wildman–Crippen MR) is 130 cm³/mol. The van der Waals surface area contributed by atoms with Crippen molar-refractivity contribution in [3.63, 3.8) is 0 Å². The molecule has 1 saturated heterocycles. The molecule has 1 aromatic rings. The van der Waals surface area contributed by atoms with E-state index in [0.717, 1.165) is 29.7 Å². The fourth-order valence-corrected chi connectivity index (χ4v) is 8.52. The molecule has 4 fully saturated rings. The SMILES string of the molecule is O=C(NC1CC[C@@H]2C[C@H]3CC1C[C@H]2C3)C1CCN(S(=O)(=O)CCNCc2ccccc2)CC1. The maximum atomic E-state index is 13.0. The molecule has 6 nitrogen and oxygen atoms in total. The third-order valence-corrected chi connectivity index (χ3v) is 10.7. The molecule has 33 heavy (non-hydrogen) atoms. The van der Waals surface area contributed by atoms with Crippen LogP contribution in [0.2, 0.25) is 0 Å². The second kappa shape index (κ2) is 10.0. The maximum absolute atomic E-state index is 13.0. The Morgan fingerprint density at radius 2 is 1.64 bits per heavy atom. The molecule has 1 aliphatic heterocycles. The monoisotopic (exact) mass is 473 g/mol. The van der Waals surface area contributed by atoms with Crippen molar-refractivity contribution in [3.8, 4) is 0 Å². The zero-order chi connectivity index (χ0) is 22.8. The van der Waals surface area contributed by atoms with E-state index in [1.54, 1.807) is 4.31 Å². The molecular weight excluding hydrogens is 434 g/mol. The molecule has 0 radical (unpaired) electrons. The first-order valence-corrected chi connectivity index (χ1v) is 14.6. The molecule has 1 aromatic carbocycles. The quantitative estimate of drug-likeness (QED) is 0.569.